The van der Waals surface area contributed by atoms with Crippen LogP contribution in [-0.2, 0) is 0 Å². The van der Waals surface area contributed by atoms with E-state index < -0.39 is 17.7 Å². The Labute approximate surface area is 113 Å². The number of hydrogen-bond acceptors (Lipinski definition) is 2. The zero-order chi connectivity index (χ0) is 13.3. The number of thiophene rings is 1. The molecule has 1 aromatic carbocycles. The van der Waals surface area contributed by atoms with Crippen LogP contribution in [0.2, 0.25) is 4.34 Å². The van der Waals surface area contributed by atoms with Gasteiger partial charge in [-0.15, -0.1) is 11.3 Å². The molecule has 1 N–H and O–H groups in total. The predicted octanol–water partition coefficient (Wildman–Crippen LogP) is 4.30. The molecule has 0 saturated heterocycles. The topological polar surface area (TPSA) is 12.0 Å². The summed E-state index contributed by atoms with van der Waals surface area (Å²) in [6.45, 7) is 1.54. The van der Waals surface area contributed by atoms with Crippen molar-refractivity contribution in [1.29, 1.82) is 0 Å². The molecule has 1 atom stereocenters. The fourth-order valence-electron chi connectivity index (χ4n) is 1.82. The van der Waals surface area contributed by atoms with Crippen molar-refractivity contribution in [3.8, 4) is 0 Å². The minimum Gasteiger partial charge on any atom is -0.309 e. The fraction of sp³-hybridized carbons (Fsp3) is 0.231. The highest BCUT2D eigenvalue weighted by Gasteiger charge is 2.21. The van der Waals surface area contributed by atoms with Crippen LogP contribution in [0.25, 0.3) is 0 Å². The summed E-state index contributed by atoms with van der Waals surface area (Å²) in [4.78, 5) is 0.852. The largest absolute Gasteiger partial charge is 0.309 e. The van der Waals surface area contributed by atoms with Crippen LogP contribution >= 0.6 is 22.9 Å². The van der Waals surface area contributed by atoms with E-state index >= 15 is 0 Å². The Bertz CT molecular complexity index is 568. The van der Waals surface area contributed by atoms with Crippen molar-refractivity contribution >= 4 is 22.9 Å². The standard InChI is InChI=1S/C13H12ClF2NS/c1-7-3-4-8(12(16)11(7)15)13(17-2)9-5-6-10(14)18-9/h3-6,13,17H,1-2H3. The van der Waals surface area contributed by atoms with Crippen molar-refractivity contribution < 1.29 is 8.78 Å². The molecule has 5 heteroatoms. The summed E-state index contributed by atoms with van der Waals surface area (Å²) in [5, 5.41) is 2.98. The fourth-order valence-corrected chi connectivity index (χ4v) is 3.01. The van der Waals surface area contributed by atoms with Gasteiger partial charge in [-0.3, -0.25) is 0 Å². The van der Waals surface area contributed by atoms with E-state index in [9.17, 15) is 8.78 Å². The third-order valence-electron chi connectivity index (χ3n) is 2.78. The Kier molecular flexibility index (Phi) is 4.00. The van der Waals surface area contributed by atoms with Gasteiger partial charge < -0.3 is 5.32 Å². The van der Waals surface area contributed by atoms with Crippen molar-refractivity contribution in [2.24, 2.45) is 0 Å². The summed E-state index contributed by atoms with van der Waals surface area (Å²) in [7, 11) is 1.70. The Morgan fingerprint density at radius 3 is 2.44 bits per heavy atom. The van der Waals surface area contributed by atoms with E-state index in [1.54, 1.807) is 32.2 Å². The molecule has 0 aliphatic carbocycles. The Balaban J connectivity index is 2.49. The van der Waals surface area contributed by atoms with E-state index in [0.29, 0.717) is 15.5 Å². The van der Waals surface area contributed by atoms with Crippen molar-refractivity contribution in [2.75, 3.05) is 7.05 Å². The van der Waals surface area contributed by atoms with Crippen LogP contribution in [-0.4, -0.2) is 7.05 Å². The molecule has 2 aromatic rings. The lowest BCUT2D eigenvalue weighted by atomic mass is 10.0. The number of aryl methyl sites for hydroxylation is 1. The molecular formula is C13H12ClF2NS. The van der Waals surface area contributed by atoms with E-state index in [2.05, 4.69) is 5.32 Å². The van der Waals surface area contributed by atoms with Gasteiger partial charge in [-0.05, 0) is 31.7 Å². The molecule has 0 radical (unpaired) electrons. The predicted molar refractivity (Wildman–Crippen MR) is 71.3 cm³/mol. The first-order valence-electron chi connectivity index (χ1n) is 5.41. The highest BCUT2D eigenvalue weighted by Crippen LogP contribution is 2.32. The normalized spacial score (nSPS) is 12.7. The molecule has 0 aliphatic rings. The molecule has 1 unspecified atom stereocenters. The highest BCUT2D eigenvalue weighted by molar-refractivity contribution is 7.16. The van der Waals surface area contributed by atoms with Crippen LogP contribution in [0.5, 0.6) is 0 Å². The molecular weight excluding hydrogens is 276 g/mol. The molecule has 0 aliphatic heterocycles. The summed E-state index contributed by atoms with van der Waals surface area (Å²) < 4.78 is 28.2. The molecule has 96 valence electrons. The number of rotatable bonds is 3. The van der Waals surface area contributed by atoms with Gasteiger partial charge in [-0.1, -0.05) is 23.7 Å². The zero-order valence-electron chi connectivity index (χ0n) is 9.93. The maximum Gasteiger partial charge on any atom is 0.164 e. The van der Waals surface area contributed by atoms with E-state index in [1.807, 2.05) is 6.07 Å². The van der Waals surface area contributed by atoms with Gasteiger partial charge in [0.1, 0.15) is 0 Å². The maximum atomic E-state index is 13.9. The summed E-state index contributed by atoms with van der Waals surface area (Å²) in [5.41, 5.74) is 0.592. The molecule has 0 saturated carbocycles. The molecule has 1 aromatic heterocycles. The van der Waals surface area contributed by atoms with E-state index in [-0.39, 0.29) is 0 Å². The molecule has 0 spiro atoms. The van der Waals surface area contributed by atoms with Gasteiger partial charge in [-0.25, -0.2) is 8.78 Å². The van der Waals surface area contributed by atoms with Crippen LogP contribution in [0.4, 0.5) is 8.78 Å². The van der Waals surface area contributed by atoms with Crippen LogP contribution in [0.1, 0.15) is 22.0 Å². The van der Waals surface area contributed by atoms with Crippen LogP contribution in [0.15, 0.2) is 24.3 Å². The van der Waals surface area contributed by atoms with Crippen molar-refractivity contribution in [2.45, 2.75) is 13.0 Å². The molecule has 1 heterocycles. The second-order valence-corrected chi connectivity index (χ2v) is 5.71. The van der Waals surface area contributed by atoms with Gasteiger partial charge in [0.2, 0.25) is 0 Å². The van der Waals surface area contributed by atoms with Crippen molar-refractivity contribution in [1.82, 2.24) is 5.32 Å². The maximum absolute atomic E-state index is 13.9. The minimum absolute atomic E-state index is 0.291. The Hall–Kier alpha value is -0.970. The first-order valence-corrected chi connectivity index (χ1v) is 6.61. The SMILES string of the molecule is CNC(c1ccc(Cl)s1)c1ccc(C)c(F)c1F. The molecule has 1 nitrogen and oxygen atoms in total. The minimum atomic E-state index is -0.807. The van der Waals surface area contributed by atoms with Gasteiger partial charge in [0, 0.05) is 10.4 Å². The molecule has 2 rings (SSSR count). The average Bonchev–Trinajstić information content (AvgIpc) is 2.77. The van der Waals surface area contributed by atoms with Gasteiger partial charge in [0.15, 0.2) is 11.6 Å². The van der Waals surface area contributed by atoms with Gasteiger partial charge >= 0.3 is 0 Å². The van der Waals surface area contributed by atoms with E-state index in [1.165, 1.54) is 11.3 Å². The lowest BCUT2D eigenvalue weighted by molar-refractivity contribution is 0.483. The quantitative estimate of drug-likeness (QED) is 0.888. The lowest BCUT2D eigenvalue weighted by Gasteiger charge is -2.16. The first kappa shape index (κ1) is 13.5. The van der Waals surface area contributed by atoms with Gasteiger partial charge in [0.05, 0.1) is 10.4 Å². The number of benzene rings is 1. The number of halogens is 3. The average molecular weight is 288 g/mol. The third kappa shape index (κ3) is 2.41. The second-order valence-electron chi connectivity index (χ2n) is 3.96. The lowest BCUT2D eigenvalue weighted by Crippen LogP contribution is -2.18. The molecule has 0 bridgehead atoms. The summed E-state index contributed by atoms with van der Waals surface area (Å²) in [5.74, 6) is -1.60. The number of hydrogen-bond donors (Lipinski definition) is 1. The highest BCUT2D eigenvalue weighted by atomic mass is 35.5. The monoisotopic (exact) mass is 287 g/mol. The second kappa shape index (κ2) is 5.34. The van der Waals surface area contributed by atoms with E-state index in [4.69, 9.17) is 11.6 Å². The molecule has 18 heavy (non-hydrogen) atoms. The summed E-state index contributed by atoms with van der Waals surface area (Å²) >= 11 is 7.22. The van der Waals surface area contributed by atoms with Gasteiger partial charge in [-0.2, -0.15) is 0 Å². The summed E-state index contributed by atoms with van der Waals surface area (Å²) in [6.07, 6.45) is 0. The Morgan fingerprint density at radius 2 is 1.89 bits per heavy atom. The van der Waals surface area contributed by atoms with E-state index in [0.717, 1.165) is 4.88 Å². The third-order valence-corrected chi connectivity index (χ3v) is 4.08. The zero-order valence-corrected chi connectivity index (χ0v) is 11.5. The van der Waals surface area contributed by atoms with Crippen molar-refractivity contribution in [3.63, 3.8) is 0 Å². The molecule has 0 amide bonds. The Morgan fingerprint density at radius 1 is 1.17 bits per heavy atom. The smallest absolute Gasteiger partial charge is 0.164 e. The van der Waals surface area contributed by atoms with Crippen molar-refractivity contribution in [3.05, 3.63) is 56.2 Å². The van der Waals surface area contributed by atoms with Gasteiger partial charge in [0.25, 0.3) is 0 Å². The van der Waals surface area contributed by atoms with Crippen LogP contribution in [0, 0.1) is 18.6 Å². The van der Waals surface area contributed by atoms with Crippen LogP contribution in [0.3, 0.4) is 0 Å². The first-order chi connectivity index (χ1) is 8.54. The molecule has 0 fully saturated rings. The number of nitrogens with one attached hydrogen (secondary N) is 1. The summed E-state index contributed by atoms with van der Waals surface area (Å²) in [6, 6.07) is 6.34. The van der Waals surface area contributed by atoms with Crippen LogP contribution < -0.4 is 5.32 Å².